The Balaban J connectivity index is 0.00000312. The lowest BCUT2D eigenvalue weighted by Crippen LogP contribution is -2.52. The fourth-order valence-corrected chi connectivity index (χ4v) is 3.00. The first-order valence-electron chi connectivity index (χ1n) is 8.13. The molecule has 140 valence electrons. The van der Waals surface area contributed by atoms with E-state index in [0.717, 1.165) is 0 Å². The quantitative estimate of drug-likeness (QED) is 0.715. The number of halogens is 2. The van der Waals surface area contributed by atoms with Crippen LogP contribution in [0.5, 0.6) is 0 Å². The molecule has 0 aromatic heterocycles. The van der Waals surface area contributed by atoms with Gasteiger partial charge in [-0.25, -0.2) is 9.18 Å². The van der Waals surface area contributed by atoms with E-state index in [2.05, 4.69) is 10.6 Å². The number of nitrogens with two attached hydrogens (primary N) is 1. The zero-order valence-electron chi connectivity index (χ0n) is 14.8. The van der Waals surface area contributed by atoms with Gasteiger partial charge in [-0.2, -0.15) is 0 Å². The van der Waals surface area contributed by atoms with Crippen LogP contribution in [0.1, 0.15) is 37.6 Å². The Hall–Kier alpha value is -1.86. The second-order valence-corrected chi connectivity index (χ2v) is 6.86. The first-order chi connectivity index (χ1) is 11.3. The fourth-order valence-electron chi connectivity index (χ4n) is 3.00. The van der Waals surface area contributed by atoms with Crippen LogP contribution in [0.3, 0.4) is 0 Å². The van der Waals surface area contributed by atoms with Gasteiger partial charge in [-0.15, -0.1) is 12.4 Å². The third-order valence-corrected chi connectivity index (χ3v) is 4.09. The monoisotopic (exact) mass is 372 g/mol. The molecule has 1 aromatic rings. The number of nitrogens with one attached hydrogen (secondary N) is 2. The Bertz CT molecular complexity index is 641. The van der Waals surface area contributed by atoms with Crippen LogP contribution in [0.2, 0.25) is 0 Å². The van der Waals surface area contributed by atoms with Crippen LogP contribution >= 0.6 is 12.4 Å². The van der Waals surface area contributed by atoms with Crippen LogP contribution in [-0.2, 0) is 0 Å². The van der Waals surface area contributed by atoms with E-state index in [1.807, 2.05) is 20.8 Å². The average Bonchev–Trinajstić information content (AvgIpc) is 2.93. The summed E-state index contributed by atoms with van der Waals surface area (Å²) in [5, 5.41) is 5.51. The Labute approximate surface area is 153 Å². The first-order valence-corrected chi connectivity index (χ1v) is 8.13. The maximum atomic E-state index is 14.1. The highest BCUT2D eigenvalue weighted by molar-refractivity contribution is 5.99. The van der Waals surface area contributed by atoms with Gasteiger partial charge in [-0.3, -0.25) is 9.69 Å². The molecule has 0 spiro atoms. The molecule has 4 N–H and O–H groups in total. The molecule has 1 unspecified atom stereocenters. The largest absolute Gasteiger partial charge is 0.346 e. The van der Waals surface area contributed by atoms with Crippen LogP contribution in [0.4, 0.5) is 14.9 Å². The van der Waals surface area contributed by atoms with Crippen LogP contribution in [-0.4, -0.2) is 37.1 Å². The summed E-state index contributed by atoms with van der Waals surface area (Å²) in [6.07, 6.45) is 0.686. The lowest BCUT2D eigenvalue weighted by molar-refractivity contribution is 0.0894. The van der Waals surface area contributed by atoms with E-state index in [4.69, 9.17) is 5.73 Å². The molecule has 1 aliphatic rings. The summed E-state index contributed by atoms with van der Waals surface area (Å²) in [7, 11) is 0. The highest BCUT2D eigenvalue weighted by atomic mass is 35.5. The van der Waals surface area contributed by atoms with Gasteiger partial charge in [0.1, 0.15) is 5.82 Å². The van der Waals surface area contributed by atoms with E-state index in [9.17, 15) is 14.0 Å². The number of urea groups is 1. The Morgan fingerprint density at radius 1 is 1.48 bits per heavy atom. The van der Waals surface area contributed by atoms with Crippen molar-refractivity contribution in [3.8, 4) is 0 Å². The number of benzene rings is 1. The molecule has 1 fully saturated rings. The summed E-state index contributed by atoms with van der Waals surface area (Å²) >= 11 is 0. The van der Waals surface area contributed by atoms with Gasteiger partial charge in [0.15, 0.2) is 0 Å². The summed E-state index contributed by atoms with van der Waals surface area (Å²) in [5.74, 6) is -0.814. The van der Waals surface area contributed by atoms with E-state index in [1.54, 1.807) is 0 Å². The summed E-state index contributed by atoms with van der Waals surface area (Å²) < 4.78 is 14.1. The number of nitrogens with zero attached hydrogens (tertiary/aromatic N) is 1. The molecule has 6 nitrogen and oxygen atoms in total. The molecule has 3 amide bonds. The van der Waals surface area contributed by atoms with Crippen LogP contribution in [0.15, 0.2) is 18.2 Å². The lowest BCUT2D eigenvalue weighted by Gasteiger charge is -2.31. The standard InChI is InChI=1S/C17H25FN4O2.ClH/c1-11(2)9-17(3,10-19)21-15(23)13-8-12(4-5-14(13)18)22-7-6-20-16(22)24;/h4-5,8,11H,6-7,9-10,19H2,1-3H3,(H,20,24)(H,21,23);1H. The summed E-state index contributed by atoms with van der Waals surface area (Å²) in [6, 6.07) is 3.85. The van der Waals surface area contributed by atoms with Crippen molar-refractivity contribution < 1.29 is 14.0 Å². The van der Waals surface area contributed by atoms with Crippen molar-refractivity contribution in [2.24, 2.45) is 11.7 Å². The van der Waals surface area contributed by atoms with Gasteiger partial charge in [-0.05, 0) is 37.5 Å². The molecular weight excluding hydrogens is 347 g/mol. The van der Waals surface area contributed by atoms with Gasteiger partial charge in [0, 0.05) is 30.9 Å². The van der Waals surface area contributed by atoms with E-state index in [0.29, 0.717) is 31.1 Å². The number of amides is 3. The number of carbonyl (C=O) groups is 2. The zero-order valence-corrected chi connectivity index (χ0v) is 15.6. The second-order valence-electron chi connectivity index (χ2n) is 6.86. The molecule has 2 rings (SSSR count). The minimum absolute atomic E-state index is 0. The van der Waals surface area contributed by atoms with E-state index < -0.39 is 17.3 Å². The highest BCUT2D eigenvalue weighted by Crippen LogP contribution is 2.22. The van der Waals surface area contributed by atoms with Gasteiger partial charge < -0.3 is 16.4 Å². The summed E-state index contributed by atoms with van der Waals surface area (Å²) in [5.41, 5.74) is 5.59. The number of hydrogen-bond acceptors (Lipinski definition) is 3. The number of rotatable bonds is 6. The van der Waals surface area contributed by atoms with Gasteiger partial charge in [-0.1, -0.05) is 13.8 Å². The van der Waals surface area contributed by atoms with Crippen molar-refractivity contribution in [2.75, 3.05) is 24.5 Å². The number of hydrogen-bond donors (Lipinski definition) is 3. The smallest absolute Gasteiger partial charge is 0.321 e. The third-order valence-electron chi connectivity index (χ3n) is 4.09. The molecule has 1 saturated heterocycles. The topological polar surface area (TPSA) is 87.5 Å². The van der Waals surface area contributed by atoms with Gasteiger partial charge in [0.05, 0.1) is 5.56 Å². The van der Waals surface area contributed by atoms with Crippen molar-refractivity contribution >= 4 is 30.0 Å². The highest BCUT2D eigenvalue weighted by Gasteiger charge is 2.28. The second kappa shape index (κ2) is 8.49. The van der Waals surface area contributed by atoms with Gasteiger partial charge >= 0.3 is 6.03 Å². The van der Waals surface area contributed by atoms with Crippen molar-refractivity contribution in [1.82, 2.24) is 10.6 Å². The van der Waals surface area contributed by atoms with Crippen molar-refractivity contribution in [1.29, 1.82) is 0 Å². The van der Waals surface area contributed by atoms with E-state index in [1.165, 1.54) is 23.1 Å². The first kappa shape index (κ1) is 21.2. The predicted octanol–water partition coefficient (Wildman–Crippen LogP) is 2.27. The van der Waals surface area contributed by atoms with Crippen molar-refractivity contribution in [3.63, 3.8) is 0 Å². The van der Waals surface area contributed by atoms with E-state index >= 15 is 0 Å². The SMILES string of the molecule is CC(C)CC(C)(CN)NC(=O)c1cc(N2CCNC2=O)ccc1F.Cl. The van der Waals surface area contributed by atoms with Crippen molar-refractivity contribution in [3.05, 3.63) is 29.6 Å². The minimum Gasteiger partial charge on any atom is -0.346 e. The molecule has 0 saturated carbocycles. The fraction of sp³-hybridized carbons (Fsp3) is 0.529. The van der Waals surface area contributed by atoms with Crippen LogP contribution in [0.25, 0.3) is 0 Å². The summed E-state index contributed by atoms with van der Waals surface area (Å²) in [4.78, 5) is 25.8. The average molecular weight is 373 g/mol. The van der Waals surface area contributed by atoms with Crippen molar-refractivity contribution in [2.45, 2.75) is 32.7 Å². The molecule has 0 aliphatic carbocycles. The minimum atomic E-state index is -0.625. The van der Waals surface area contributed by atoms with Crippen LogP contribution < -0.4 is 21.3 Å². The molecule has 25 heavy (non-hydrogen) atoms. The summed E-state index contributed by atoms with van der Waals surface area (Å²) in [6.45, 7) is 7.19. The molecule has 8 heteroatoms. The number of carbonyl (C=O) groups excluding carboxylic acids is 2. The lowest BCUT2D eigenvalue weighted by atomic mass is 9.90. The normalized spacial score (nSPS) is 16.2. The number of anilines is 1. The maximum absolute atomic E-state index is 14.1. The third kappa shape index (κ3) is 5.06. The van der Waals surface area contributed by atoms with Gasteiger partial charge in [0.25, 0.3) is 5.91 Å². The molecule has 0 radical (unpaired) electrons. The predicted molar refractivity (Wildman–Crippen MR) is 98.8 cm³/mol. The Morgan fingerprint density at radius 3 is 2.68 bits per heavy atom. The molecule has 1 aliphatic heterocycles. The molecule has 1 heterocycles. The Morgan fingerprint density at radius 2 is 2.16 bits per heavy atom. The van der Waals surface area contributed by atoms with E-state index in [-0.39, 0.29) is 30.5 Å². The molecule has 1 aromatic carbocycles. The molecule has 1 atom stereocenters. The maximum Gasteiger partial charge on any atom is 0.321 e. The molecule has 0 bridgehead atoms. The zero-order chi connectivity index (χ0) is 17.9. The Kier molecular flexibility index (Phi) is 7.19. The van der Waals surface area contributed by atoms with Crippen LogP contribution in [0, 0.1) is 11.7 Å². The molecular formula is C17H26ClFN4O2. The van der Waals surface area contributed by atoms with Gasteiger partial charge in [0.2, 0.25) is 0 Å².